The van der Waals surface area contributed by atoms with Gasteiger partial charge in [-0.25, -0.2) is 9.98 Å². The molecule has 2 aliphatic heterocycles. The smallest absolute Gasteiger partial charge is 0.314 e. The number of nitrogens with one attached hydrogen (secondary N) is 1. The first-order valence-electron chi connectivity index (χ1n) is 9.25. The maximum absolute atomic E-state index is 13.9. The standard InChI is InChI=1S/C19H26ClF2IN6O/c1-5-15(10-25-14(4)24)16-26-17(28-6-8-30-9-7-28)12(2)18(27-16)29(13(3)20)11-19(21,22)23/h5,10,16,27H,3-4,6-9,11,24H2,1-2H3/b15-5+,25-10?. The van der Waals surface area contributed by atoms with Crippen LogP contribution in [0.5, 0.6) is 0 Å². The van der Waals surface area contributed by atoms with Crippen molar-refractivity contribution in [1.29, 1.82) is 0 Å². The molecule has 3 N–H and O–H groups in total. The SMILES string of the molecule is C=C(N)N=C/C(=C\C)C1N=C(N2CCOCC2)C(C)=C(N(CC(F)(F)I)C(=C)Cl)N1. The van der Waals surface area contributed by atoms with Gasteiger partial charge < -0.3 is 25.6 Å². The summed E-state index contributed by atoms with van der Waals surface area (Å²) >= 11 is 7.21. The fourth-order valence-electron chi connectivity index (χ4n) is 3.05. The van der Waals surface area contributed by atoms with E-state index in [1.54, 1.807) is 6.21 Å². The van der Waals surface area contributed by atoms with Gasteiger partial charge in [-0.15, -0.1) is 0 Å². The van der Waals surface area contributed by atoms with Gasteiger partial charge >= 0.3 is 3.93 Å². The van der Waals surface area contributed by atoms with Crippen molar-refractivity contribution in [1.82, 2.24) is 15.1 Å². The van der Waals surface area contributed by atoms with E-state index in [0.717, 1.165) is 22.6 Å². The van der Waals surface area contributed by atoms with Crippen LogP contribution in [0.15, 0.2) is 57.2 Å². The third-order valence-electron chi connectivity index (χ3n) is 4.45. The van der Waals surface area contributed by atoms with Crippen LogP contribution in [0.3, 0.4) is 0 Å². The maximum Gasteiger partial charge on any atom is 0.314 e. The molecule has 1 atom stereocenters. The Labute approximate surface area is 194 Å². The summed E-state index contributed by atoms with van der Waals surface area (Å²) in [5, 5.41) is 3.17. The number of aliphatic imine (C=N–C) groups is 2. The second kappa shape index (κ2) is 10.6. The van der Waals surface area contributed by atoms with Gasteiger partial charge in [-0.2, -0.15) is 8.78 Å². The highest BCUT2D eigenvalue weighted by molar-refractivity contribution is 14.1. The van der Waals surface area contributed by atoms with Gasteiger partial charge in [0.15, 0.2) is 0 Å². The van der Waals surface area contributed by atoms with Crippen molar-refractivity contribution >= 4 is 46.2 Å². The van der Waals surface area contributed by atoms with Crippen LogP contribution in [-0.2, 0) is 4.74 Å². The Morgan fingerprint density at radius 3 is 2.63 bits per heavy atom. The van der Waals surface area contributed by atoms with Gasteiger partial charge in [-0.3, -0.25) is 0 Å². The van der Waals surface area contributed by atoms with E-state index in [4.69, 9.17) is 27.1 Å². The molecular weight excluding hydrogens is 529 g/mol. The number of nitrogens with two attached hydrogens (primary N) is 1. The highest BCUT2D eigenvalue weighted by Crippen LogP contribution is 2.31. The third-order valence-corrected chi connectivity index (χ3v) is 5.00. The molecular formula is C19H26ClF2IN6O. The molecule has 0 aromatic carbocycles. The first kappa shape index (κ1) is 24.6. The molecule has 0 aromatic heterocycles. The molecule has 166 valence electrons. The predicted molar refractivity (Wildman–Crippen MR) is 126 cm³/mol. The van der Waals surface area contributed by atoms with Crippen LogP contribution in [0.1, 0.15) is 13.8 Å². The van der Waals surface area contributed by atoms with E-state index < -0.39 is 16.6 Å². The molecule has 0 aromatic rings. The number of hydrogen-bond acceptors (Lipinski definition) is 7. The highest BCUT2D eigenvalue weighted by Gasteiger charge is 2.35. The number of rotatable bonds is 7. The van der Waals surface area contributed by atoms with E-state index in [1.165, 1.54) is 4.90 Å². The van der Waals surface area contributed by atoms with E-state index in [2.05, 4.69) is 28.4 Å². The van der Waals surface area contributed by atoms with Gasteiger partial charge in [0.05, 0.1) is 19.8 Å². The molecule has 1 saturated heterocycles. The molecule has 0 amide bonds. The van der Waals surface area contributed by atoms with Crippen LogP contribution in [0.25, 0.3) is 0 Å². The van der Waals surface area contributed by atoms with Crippen LogP contribution in [-0.4, -0.2) is 64.8 Å². The Bertz CT molecular complexity index is 799. The second-order valence-electron chi connectivity index (χ2n) is 6.69. The van der Waals surface area contributed by atoms with Crippen molar-refractivity contribution in [3.63, 3.8) is 0 Å². The monoisotopic (exact) mass is 554 g/mol. The van der Waals surface area contributed by atoms with Gasteiger partial charge in [-0.05, 0) is 13.8 Å². The average Bonchev–Trinajstić information content (AvgIpc) is 2.67. The molecule has 2 heterocycles. The van der Waals surface area contributed by atoms with Crippen LogP contribution in [0, 0.1) is 0 Å². The lowest BCUT2D eigenvalue weighted by Crippen LogP contribution is -2.49. The Balaban J connectivity index is 2.51. The van der Waals surface area contributed by atoms with Gasteiger partial charge in [0.25, 0.3) is 0 Å². The molecule has 2 rings (SSSR count). The number of alkyl halides is 3. The maximum atomic E-state index is 13.9. The van der Waals surface area contributed by atoms with Crippen molar-refractivity contribution in [3.8, 4) is 0 Å². The quantitative estimate of drug-likeness (QED) is 0.218. The summed E-state index contributed by atoms with van der Waals surface area (Å²) < 4.78 is 30.2. The van der Waals surface area contributed by atoms with E-state index in [-0.39, 0.29) is 11.0 Å². The number of allylic oxidation sites excluding steroid dienone is 1. The van der Waals surface area contributed by atoms with Crippen molar-refractivity contribution < 1.29 is 13.5 Å². The van der Waals surface area contributed by atoms with E-state index in [0.29, 0.717) is 49.1 Å². The number of nitrogens with zero attached hydrogens (tertiary/aromatic N) is 4. The van der Waals surface area contributed by atoms with Gasteiger partial charge in [0.1, 0.15) is 28.8 Å². The topological polar surface area (TPSA) is 78.5 Å². The molecule has 0 bridgehead atoms. The Morgan fingerprint density at radius 1 is 1.50 bits per heavy atom. The first-order valence-corrected chi connectivity index (χ1v) is 10.7. The number of ether oxygens (including phenoxy) is 1. The van der Waals surface area contributed by atoms with E-state index in [1.807, 2.05) is 19.9 Å². The molecule has 7 nitrogen and oxygen atoms in total. The minimum Gasteiger partial charge on any atom is -0.384 e. The summed E-state index contributed by atoms with van der Waals surface area (Å²) in [6.45, 7) is 12.6. The molecule has 30 heavy (non-hydrogen) atoms. The Morgan fingerprint density at radius 2 is 2.13 bits per heavy atom. The molecule has 0 spiro atoms. The van der Waals surface area contributed by atoms with E-state index in [9.17, 15) is 8.78 Å². The van der Waals surface area contributed by atoms with Crippen molar-refractivity contribution in [3.05, 3.63) is 47.2 Å². The highest BCUT2D eigenvalue weighted by atomic mass is 127. The summed E-state index contributed by atoms with van der Waals surface area (Å²) in [7, 11) is 0. The van der Waals surface area contributed by atoms with Crippen LogP contribution in [0.4, 0.5) is 8.78 Å². The number of amidine groups is 1. The fraction of sp³-hybridized carbons (Fsp3) is 0.474. The lowest BCUT2D eigenvalue weighted by molar-refractivity contribution is 0.0675. The van der Waals surface area contributed by atoms with Crippen molar-refractivity contribution in [2.24, 2.45) is 15.7 Å². The van der Waals surface area contributed by atoms with Gasteiger partial charge in [0, 0.05) is 53.0 Å². The Kier molecular flexibility index (Phi) is 8.68. The number of halogens is 4. The van der Waals surface area contributed by atoms with Crippen molar-refractivity contribution in [2.75, 3.05) is 32.8 Å². The zero-order chi connectivity index (χ0) is 22.5. The minimum atomic E-state index is -3.02. The summed E-state index contributed by atoms with van der Waals surface area (Å²) in [6, 6.07) is 0. The zero-order valence-corrected chi connectivity index (χ0v) is 19.9. The molecule has 11 heteroatoms. The molecule has 0 aliphatic carbocycles. The average molecular weight is 555 g/mol. The first-order chi connectivity index (χ1) is 14.0. The number of hydrogen-bond donors (Lipinski definition) is 2. The predicted octanol–water partition coefficient (Wildman–Crippen LogP) is 3.36. The summed E-state index contributed by atoms with van der Waals surface area (Å²) in [6.07, 6.45) is 2.78. The van der Waals surface area contributed by atoms with Crippen molar-refractivity contribution in [2.45, 2.75) is 23.9 Å². The summed E-state index contributed by atoms with van der Waals surface area (Å²) in [5.74, 6) is 1.23. The molecule has 0 saturated carbocycles. The molecule has 0 radical (unpaired) electrons. The second-order valence-corrected chi connectivity index (χ2v) is 8.70. The minimum absolute atomic E-state index is 0.0267. The zero-order valence-electron chi connectivity index (χ0n) is 17.0. The Hall–Kier alpha value is -1.66. The summed E-state index contributed by atoms with van der Waals surface area (Å²) in [4.78, 5) is 12.2. The van der Waals surface area contributed by atoms with Gasteiger partial charge in [-0.1, -0.05) is 30.8 Å². The molecule has 1 fully saturated rings. The molecule has 2 aliphatic rings. The van der Waals surface area contributed by atoms with Crippen LogP contribution < -0.4 is 11.1 Å². The van der Waals surface area contributed by atoms with E-state index >= 15 is 0 Å². The summed E-state index contributed by atoms with van der Waals surface area (Å²) in [5.41, 5.74) is 6.93. The third kappa shape index (κ3) is 6.67. The normalized spacial score (nSPS) is 20.9. The lowest BCUT2D eigenvalue weighted by atomic mass is 10.1. The largest absolute Gasteiger partial charge is 0.384 e. The van der Waals surface area contributed by atoms with Gasteiger partial charge in [0.2, 0.25) is 0 Å². The lowest BCUT2D eigenvalue weighted by Gasteiger charge is -2.39. The fourth-order valence-corrected chi connectivity index (χ4v) is 3.54. The van der Waals surface area contributed by atoms with Crippen LogP contribution >= 0.6 is 34.2 Å². The molecule has 1 unspecified atom stereocenters. The van der Waals surface area contributed by atoms with Crippen LogP contribution in [0.2, 0.25) is 0 Å². The number of morpholine rings is 1.